The average molecular weight is 264 g/mol. The molecular weight excluding hydrogens is 251 g/mol. The van der Waals surface area contributed by atoms with Crippen molar-refractivity contribution in [1.29, 1.82) is 0 Å². The number of carbonyl (C=O) groups is 1. The van der Waals surface area contributed by atoms with Crippen LogP contribution in [-0.4, -0.2) is 34.2 Å². The summed E-state index contributed by atoms with van der Waals surface area (Å²) in [5.41, 5.74) is 0.512. The molecule has 2 aromatic rings. The molecule has 0 radical (unpaired) electrons. The zero-order chi connectivity index (χ0) is 13.7. The van der Waals surface area contributed by atoms with Crippen molar-refractivity contribution in [3.8, 4) is 0 Å². The SMILES string of the molecule is O=C(c1ccon1)N(CCO)Cc1ccccc1F. The Balaban J connectivity index is 2.17. The highest BCUT2D eigenvalue weighted by molar-refractivity contribution is 5.92. The van der Waals surface area contributed by atoms with Crippen LogP contribution in [-0.2, 0) is 6.54 Å². The first-order chi connectivity index (χ1) is 9.22. The highest BCUT2D eigenvalue weighted by Gasteiger charge is 2.19. The zero-order valence-electron chi connectivity index (χ0n) is 10.1. The first-order valence-electron chi connectivity index (χ1n) is 5.76. The van der Waals surface area contributed by atoms with Crippen molar-refractivity contribution in [2.24, 2.45) is 0 Å². The summed E-state index contributed by atoms with van der Waals surface area (Å²) < 4.78 is 18.2. The van der Waals surface area contributed by atoms with Gasteiger partial charge in [0.1, 0.15) is 12.1 Å². The van der Waals surface area contributed by atoms with Gasteiger partial charge in [0.25, 0.3) is 5.91 Å². The second-order valence-electron chi connectivity index (χ2n) is 3.93. The van der Waals surface area contributed by atoms with Gasteiger partial charge in [-0.3, -0.25) is 4.79 Å². The number of hydrogen-bond acceptors (Lipinski definition) is 4. The molecule has 1 amide bonds. The largest absolute Gasteiger partial charge is 0.395 e. The van der Waals surface area contributed by atoms with E-state index < -0.39 is 11.7 Å². The molecule has 19 heavy (non-hydrogen) atoms. The van der Waals surface area contributed by atoms with Gasteiger partial charge in [0.15, 0.2) is 5.69 Å². The van der Waals surface area contributed by atoms with Crippen LogP contribution in [0.3, 0.4) is 0 Å². The van der Waals surface area contributed by atoms with Crippen LogP contribution < -0.4 is 0 Å². The molecule has 0 spiro atoms. The summed E-state index contributed by atoms with van der Waals surface area (Å²) in [5, 5.41) is 12.5. The van der Waals surface area contributed by atoms with E-state index in [1.807, 2.05) is 0 Å². The second-order valence-corrected chi connectivity index (χ2v) is 3.93. The van der Waals surface area contributed by atoms with Crippen molar-refractivity contribution < 1.29 is 18.8 Å². The Morgan fingerprint density at radius 3 is 2.79 bits per heavy atom. The molecule has 0 aliphatic heterocycles. The van der Waals surface area contributed by atoms with Crippen LogP contribution in [0.25, 0.3) is 0 Å². The van der Waals surface area contributed by atoms with Crippen molar-refractivity contribution in [3.05, 3.63) is 53.7 Å². The van der Waals surface area contributed by atoms with E-state index in [0.29, 0.717) is 5.56 Å². The molecule has 1 aromatic carbocycles. The summed E-state index contributed by atoms with van der Waals surface area (Å²) in [6, 6.07) is 7.61. The first kappa shape index (κ1) is 13.2. The molecule has 2 rings (SSSR count). The molecule has 0 saturated carbocycles. The fourth-order valence-electron chi connectivity index (χ4n) is 1.69. The summed E-state index contributed by atoms with van der Waals surface area (Å²) >= 11 is 0. The van der Waals surface area contributed by atoms with Crippen LogP contribution >= 0.6 is 0 Å². The fraction of sp³-hybridized carbons (Fsp3) is 0.231. The summed E-state index contributed by atoms with van der Waals surface area (Å²) in [5.74, 6) is -0.801. The number of aliphatic hydroxyl groups is 1. The van der Waals surface area contributed by atoms with Crippen LogP contribution in [0.1, 0.15) is 16.1 Å². The van der Waals surface area contributed by atoms with E-state index in [2.05, 4.69) is 9.68 Å². The van der Waals surface area contributed by atoms with Crippen LogP contribution in [0.2, 0.25) is 0 Å². The monoisotopic (exact) mass is 264 g/mol. The number of rotatable bonds is 5. The van der Waals surface area contributed by atoms with Gasteiger partial charge in [-0.15, -0.1) is 0 Å². The third kappa shape index (κ3) is 3.17. The van der Waals surface area contributed by atoms with E-state index in [1.165, 1.54) is 23.3 Å². The molecule has 6 heteroatoms. The number of hydrogen-bond donors (Lipinski definition) is 1. The predicted molar refractivity (Wildman–Crippen MR) is 64.7 cm³/mol. The van der Waals surface area contributed by atoms with E-state index in [0.717, 1.165) is 0 Å². The molecule has 0 fully saturated rings. The summed E-state index contributed by atoms with van der Waals surface area (Å²) in [4.78, 5) is 13.4. The number of halogens is 1. The van der Waals surface area contributed by atoms with Gasteiger partial charge in [-0.1, -0.05) is 23.4 Å². The maximum atomic E-state index is 13.6. The molecule has 100 valence electrons. The lowest BCUT2D eigenvalue weighted by atomic mass is 10.2. The lowest BCUT2D eigenvalue weighted by molar-refractivity contribution is 0.0695. The first-order valence-corrected chi connectivity index (χ1v) is 5.76. The van der Waals surface area contributed by atoms with Crippen molar-refractivity contribution in [2.45, 2.75) is 6.54 Å². The smallest absolute Gasteiger partial charge is 0.276 e. The number of nitrogens with zero attached hydrogens (tertiary/aromatic N) is 2. The van der Waals surface area contributed by atoms with Crippen LogP contribution in [0.4, 0.5) is 4.39 Å². The standard InChI is InChI=1S/C13H13FN2O3/c14-11-4-2-1-3-10(11)9-16(6-7-17)13(18)12-5-8-19-15-12/h1-5,8,17H,6-7,9H2. The highest BCUT2D eigenvalue weighted by Crippen LogP contribution is 2.12. The maximum Gasteiger partial charge on any atom is 0.276 e. The zero-order valence-corrected chi connectivity index (χ0v) is 10.1. The van der Waals surface area contributed by atoms with E-state index in [-0.39, 0.29) is 25.4 Å². The second kappa shape index (κ2) is 6.10. The Kier molecular flexibility index (Phi) is 4.25. The number of aliphatic hydroxyl groups excluding tert-OH is 1. The van der Waals surface area contributed by atoms with E-state index >= 15 is 0 Å². The van der Waals surface area contributed by atoms with Gasteiger partial charge >= 0.3 is 0 Å². The van der Waals surface area contributed by atoms with Crippen LogP contribution in [0.5, 0.6) is 0 Å². The highest BCUT2D eigenvalue weighted by atomic mass is 19.1. The van der Waals surface area contributed by atoms with Gasteiger partial charge in [-0.05, 0) is 6.07 Å². The third-order valence-electron chi connectivity index (χ3n) is 2.63. The normalized spacial score (nSPS) is 10.4. The molecular formula is C13H13FN2O3. The minimum absolute atomic E-state index is 0.0684. The van der Waals surface area contributed by atoms with E-state index in [9.17, 15) is 9.18 Å². The van der Waals surface area contributed by atoms with Gasteiger partial charge in [-0.2, -0.15) is 0 Å². The lowest BCUT2D eigenvalue weighted by Crippen LogP contribution is -2.33. The van der Waals surface area contributed by atoms with Crippen molar-refractivity contribution in [1.82, 2.24) is 10.1 Å². The Hall–Kier alpha value is -2.21. The molecule has 1 aromatic heterocycles. The molecule has 1 heterocycles. The Morgan fingerprint density at radius 2 is 2.16 bits per heavy atom. The van der Waals surface area contributed by atoms with Gasteiger partial charge < -0.3 is 14.5 Å². The Bertz CT molecular complexity index is 543. The molecule has 5 nitrogen and oxygen atoms in total. The number of aromatic nitrogens is 1. The minimum atomic E-state index is -0.411. The van der Waals surface area contributed by atoms with Gasteiger partial charge in [0.2, 0.25) is 0 Å². The van der Waals surface area contributed by atoms with Crippen molar-refractivity contribution >= 4 is 5.91 Å². The Morgan fingerprint density at radius 1 is 1.37 bits per heavy atom. The van der Waals surface area contributed by atoms with Gasteiger partial charge in [-0.25, -0.2) is 4.39 Å². The Labute approximate surface area is 109 Å². The number of amides is 1. The molecule has 0 saturated heterocycles. The van der Waals surface area contributed by atoms with Crippen molar-refractivity contribution in [3.63, 3.8) is 0 Å². The predicted octanol–water partition coefficient (Wildman–Crippen LogP) is 1.45. The lowest BCUT2D eigenvalue weighted by Gasteiger charge is -2.20. The van der Waals surface area contributed by atoms with Gasteiger partial charge in [0, 0.05) is 24.7 Å². The topological polar surface area (TPSA) is 66.6 Å². The minimum Gasteiger partial charge on any atom is -0.395 e. The molecule has 0 bridgehead atoms. The molecule has 1 N–H and O–H groups in total. The van der Waals surface area contributed by atoms with Crippen LogP contribution in [0, 0.1) is 5.82 Å². The summed E-state index contributed by atoms with van der Waals surface area (Å²) in [6.07, 6.45) is 1.29. The summed E-state index contributed by atoms with van der Waals surface area (Å²) in [7, 11) is 0. The molecule has 0 aliphatic rings. The average Bonchev–Trinajstić information content (AvgIpc) is 2.94. The summed E-state index contributed by atoms with van der Waals surface area (Å²) in [6.45, 7) is -0.0446. The molecule has 0 unspecified atom stereocenters. The van der Waals surface area contributed by atoms with E-state index in [1.54, 1.807) is 18.2 Å². The molecule has 0 aliphatic carbocycles. The van der Waals surface area contributed by atoms with Gasteiger partial charge in [0.05, 0.1) is 6.61 Å². The number of benzene rings is 1. The quantitative estimate of drug-likeness (QED) is 0.887. The van der Waals surface area contributed by atoms with Crippen LogP contribution in [0.15, 0.2) is 41.1 Å². The fourth-order valence-corrected chi connectivity index (χ4v) is 1.69. The van der Waals surface area contributed by atoms with Crippen molar-refractivity contribution in [2.75, 3.05) is 13.2 Å². The molecule has 0 atom stereocenters. The maximum absolute atomic E-state index is 13.6. The number of carbonyl (C=O) groups excluding carboxylic acids is 1. The van der Waals surface area contributed by atoms with E-state index in [4.69, 9.17) is 5.11 Å². The third-order valence-corrected chi connectivity index (χ3v) is 2.63.